The van der Waals surface area contributed by atoms with E-state index in [1.807, 2.05) is 31.2 Å². The van der Waals surface area contributed by atoms with E-state index < -0.39 is 17.8 Å². The second-order valence-electron chi connectivity index (χ2n) is 8.07. The van der Waals surface area contributed by atoms with Crippen molar-refractivity contribution in [1.29, 1.82) is 0 Å². The van der Waals surface area contributed by atoms with Gasteiger partial charge in [0.25, 0.3) is 0 Å². The molecule has 10 heteroatoms. The number of nitrogens with one attached hydrogen (secondary N) is 1. The maximum Gasteiger partial charge on any atom is 0.416 e. The molecule has 0 amide bonds. The number of nitrogens with zero attached hydrogens (tertiary/aromatic N) is 3. The number of ether oxygens (including phenoxy) is 2. The van der Waals surface area contributed by atoms with Crippen LogP contribution in [-0.4, -0.2) is 46.2 Å². The van der Waals surface area contributed by atoms with Gasteiger partial charge in [0, 0.05) is 17.8 Å². The van der Waals surface area contributed by atoms with E-state index in [-0.39, 0.29) is 30.5 Å². The number of para-hydroxylation sites is 1. The topological polar surface area (TPSA) is 81.4 Å². The Hall–Kier alpha value is -4.05. The van der Waals surface area contributed by atoms with Crippen molar-refractivity contribution in [3.05, 3.63) is 83.9 Å². The smallest absolute Gasteiger partial charge is 0.416 e. The monoisotopic (exact) mass is 498 g/mol. The van der Waals surface area contributed by atoms with Crippen molar-refractivity contribution in [2.75, 3.05) is 25.6 Å². The molecule has 36 heavy (non-hydrogen) atoms. The van der Waals surface area contributed by atoms with Gasteiger partial charge in [0.05, 0.1) is 18.4 Å². The van der Waals surface area contributed by atoms with E-state index in [1.165, 1.54) is 23.9 Å². The minimum absolute atomic E-state index is 0.0291. The summed E-state index contributed by atoms with van der Waals surface area (Å²) in [5.41, 5.74) is 1.77. The highest BCUT2D eigenvalue weighted by molar-refractivity contribution is 5.60. The maximum absolute atomic E-state index is 13.2. The van der Waals surface area contributed by atoms with Crippen LogP contribution in [0.2, 0.25) is 0 Å². The molecule has 2 N–H and O–H groups in total. The molecule has 0 aliphatic carbocycles. The van der Waals surface area contributed by atoms with Crippen LogP contribution in [0.15, 0.2) is 72.8 Å². The molecule has 0 fully saturated rings. The molecular weight excluding hydrogens is 473 g/mol. The number of alkyl halides is 3. The summed E-state index contributed by atoms with van der Waals surface area (Å²) >= 11 is 0. The minimum atomic E-state index is -4.48. The van der Waals surface area contributed by atoms with Crippen LogP contribution in [0, 0.1) is 6.92 Å². The van der Waals surface area contributed by atoms with Crippen molar-refractivity contribution in [2.45, 2.75) is 19.2 Å². The zero-order valence-electron chi connectivity index (χ0n) is 19.7. The van der Waals surface area contributed by atoms with Crippen LogP contribution in [0.5, 0.6) is 11.8 Å². The highest BCUT2D eigenvalue weighted by Crippen LogP contribution is 2.33. The van der Waals surface area contributed by atoms with Crippen LogP contribution in [0.25, 0.3) is 17.1 Å². The Morgan fingerprint density at radius 3 is 2.47 bits per heavy atom. The van der Waals surface area contributed by atoms with E-state index in [4.69, 9.17) is 9.47 Å². The molecule has 1 unspecified atom stereocenters. The highest BCUT2D eigenvalue weighted by atomic mass is 19.4. The van der Waals surface area contributed by atoms with Crippen LogP contribution in [0.4, 0.5) is 18.9 Å². The number of methoxy groups -OCH3 is 1. The molecule has 1 aromatic heterocycles. The Labute approximate surface area is 206 Å². The third-order valence-electron chi connectivity index (χ3n) is 5.40. The van der Waals surface area contributed by atoms with Crippen LogP contribution in [-0.2, 0) is 6.18 Å². The normalized spacial score (nSPS) is 12.3. The standard InChI is InChI=1S/C26H25F3N4O3/c1-17-6-3-4-9-23(17)36-16-22(34)15-30-20-10-12-21(13-11-20)33-24(31-25(32-33)35-2)18-7-5-8-19(14-18)26(27,28)29/h3-14,22,30,34H,15-16H2,1-2H3. The van der Waals surface area contributed by atoms with Crippen LogP contribution >= 0.6 is 0 Å². The third kappa shape index (κ3) is 5.95. The van der Waals surface area contributed by atoms with Crippen molar-refractivity contribution < 1.29 is 27.8 Å². The van der Waals surface area contributed by atoms with Crippen molar-refractivity contribution in [3.8, 4) is 28.8 Å². The molecule has 7 nitrogen and oxygen atoms in total. The van der Waals surface area contributed by atoms with Crippen LogP contribution < -0.4 is 14.8 Å². The van der Waals surface area contributed by atoms with Crippen molar-refractivity contribution in [3.63, 3.8) is 0 Å². The van der Waals surface area contributed by atoms with Gasteiger partial charge in [-0.15, -0.1) is 5.10 Å². The van der Waals surface area contributed by atoms with Crippen molar-refractivity contribution in [2.24, 2.45) is 0 Å². The van der Waals surface area contributed by atoms with Crippen molar-refractivity contribution >= 4 is 5.69 Å². The first-order chi connectivity index (χ1) is 17.2. The number of aliphatic hydroxyl groups is 1. The number of rotatable bonds is 9. The van der Waals surface area contributed by atoms with E-state index in [0.717, 1.165) is 29.1 Å². The van der Waals surface area contributed by atoms with Gasteiger partial charge in [-0.3, -0.25) is 0 Å². The van der Waals surface area contributed by atoms with Gasteiger partial charge in [0.15, 0.2) is 5.82 Å². The fourth-order valence-corrected chi connectivity index (χ4v) is 3.50. The van der Waals surface area contributed by atoms with E-state index in [2.05, 4.69) is 15.4 Å². The molecule has 4 aromatic rings. The Kier molecular flexibility index (Phi) is 7.44. The fraction of sp³-hybridized carbons (Fsp3) is 0.231. The van der Waals surface area contributed by atoms with Gasteiger partial charge in [0.1, 0.15) is 18.5 Å². The number of hydrogen-bond acceptors (Lipinski definition) is 6. The van der Waals surface area contributed by atoms with Gasteiger partial charge in [-0.25, -0.2) is 4.68 Å². The molecule has 0 spiro atoms. The number of aliphatic hydroxyl groups excluding tert-OH is 1. The first-order valence-electron chi connectivity index (χ1n) is 11.1. The highest BCUT2D eigenvalue weighted by Gasteiger charge is 2.31. The molecule has 0 aliphatic heterocycles. The molecule has 188 valence electrons. The van der Waals surface area contributed by atoms with E-state index in [1.54, 1.807) is 24.3 Å². The Morgan fingerprint density at radius 2 is 1.78 bits per heavy atom. The first kappa shape index (κ1) is 25.1. The number of benzene rings is 3. The number of anilines is 1. The summed E-state index contributed by atoms with van der Waals surface area (Å²) in [5, 5.41) is 17.7. The lowest BCUT2D eigenvalue weighted by molar-refractivity contribution is -0.137. The summed E-state index contributed by atoms with van der Waals surface area (Å²) in [7, 11) is 1.39. The summed E-state index contributed by atoms with van der Waals surface area (Å²) < 4.78 is 51.8. The zero-order chi connectivity index (χ0) is 25.7. The summed E-state index contributed by atoms with van der Waals surface area (Å²) in [6.07, 6.45) is -5.22. The summed E-state index contributed by atoms with van der Waals surface area (Å²) in [6.45, 7) is 2.33. The molecule has 0 radical (unpaired) electrons. The van der Waals surface area contributed by atoms with Gasteiger partial charge in [-0.2, -0.15) is 18.2 Å². The lowest BCUT2D eigenvalue weighted by Gasteiger charge is -2.15. The van der Waals surface area contributed by atoms with Crippen molar-refractivity contribution in [1.82, 2.24) is 14.8 Å². The number of hydrogen-bond donors (Lipinski definition) is 2. The largest absolute Gasteiger partial charge is 0.491 e. The minimum Gasteiger partial charge on any atom is -0.491 e. The molecule has 0 saturated heterocycles. The molecular formula is C26H25F3N4O3. The fourth-order valence-electron chi connectivity index (χ4n) is 3.50. The quantitative estimate of drug-likeness (QED) is 0.333. The van der Waals surface area contributed by atoms with Gasteiger partial charge in [-0.05, 0) is 55.0 Å². The van der Waals surface area contributed by atoms with Gasteiger partial charge < -0.3 is 19.9 Å². The second kappa shape index (κ2) is 10.7. The maximum atomic E-state index is 13.2. The Balaban J connectivity index is 1.45. The second-order valence-corrected chi connectivity index (χ2v) is 8.07. The predicted molar refractivity (Wildman–Crippen MR) is 130 cm³/mol. The van der Waals surface area contributed by atoms with Crippen LogP contribution in [0.1, 0.15) is 11.1 Å². The van der Waals surface area contributed by atoms with E-state index in [0.29, 0.717) is 5.69 Å². The van der Waals surface area contributed by atoms with E-state index >= 15 is 0 Å². The molecule has 0 bridgehead atoms. The number of aryl methyl sites for hydroxylation is 1. The lowest BCUT2D eigenvalue weighted by Crippen LogP contribution is -2.26. The molecule has 4 rings (SSSR count). The van der Waals surface area contributed by atoms with Gasteiger partial charge in [0.2, 0.25) is 0 Å². The van der Waals surface area contributed by atoms with Gasteiger partial charge in [-0.1, -0.05) is 30.3 Å². The lowest BCUT2D eigenvalue weighted by atomic mass is 10.1. The van der Waals surface area contributed by atoms with Gasteiger partial charge >= 0.3 is 12.2 Å². The average molecular weight is 499 g/mol. The predicted octanol–water partition coefficient (Wildman–Crippen LogP) is 5.12. The molecule has 0 saturated carbocycles. The number of halogens is 3. The summed E-state index contributed by atoms with van der Waals surface area (Å²) in [5.74, 6) is 0.933. The number of aromatic nitrogens is 3. The molecule has 0 aliphatic rings. The Bertz CT molecular complexity index is 1310. The first-order valence-corrected chi connectivity index (χ1v) is 11.1. The summed E-state index contributed by atoms with van der Waals surface area (Å²) in [6, 6.07) is 19.5. The van der Waals surface area contributed by atoms with Crippen LogP contribution in [0.3, 0.4) is 0 Å². The SMILES string of the molecule is COc1nc(-c2cccc(C(F)(F)F)c2)n(-c2ccc(NCC(O)COc3ccccc3C)cc2)n1. The zero-order valence-corrected chi connectivity index (χ0v) is 19.7. The third-order valence-corrected chi connectivity index (χ3v) is 5.40. The summed E-state index contributed by atoms with van der Waals surface area (Å²) in [4.78, 5) is 4.23. The average Bonchev–Trinajstić information content (AvgIpc) is 3.31. The Morgan fingerprint density at radius 1 is 1.03 bits per heavy atom. The molecule has 1 atom stereocenters. The van der Waals surface area contributed by atoms with E-state index in [9.17, 15) is 18.3 Å². The molecule has 1 heterocycles. The molecule has 3 aromatic carbocycles.